The Labute approximate surface area is 104 Å². The summed E-state index contributed by atoms with van der Waals surface area (Å²) in [7, 11) is 0. The van der Waals surface area contributed by atoms with Crippen molar-refractivity contribution in [2.75, 3.05) is 5.32 Å². The standard InChI is InChI=1S/C13H14BrNO/c14-11-8-4-5-9-12(11)15-13(16)10-6-2-1-3-7-10/h1-2,4-5,8-10H,3,6-7H2,(H,15,16)/t10-/m0/s1. The average Bonchev–Trinajstić information content (AvgIpc) is 2.33. The second kappa shape index (κ2) is 5.30. The highest BCUT2D eigenvalue weighted by Gasteiger charge is 2.18. The Balaban J connectivity index is 2.02. The van der Waals surface area contributed by atoms with E-state index in [4.69, 9.17) is 0 Å². The van der Waals surface area contributed by atoms with Crippen LogP contribution in [0.4, 0.5) is 5.69 Å². The maximum atomic E-state index is 12.0. The number of nitrogens with one attached hydrogen (secondary N) is 1. The lowest BCUT2D eigenvalue weighted by molar-refractivity contribution is -0.120. The van der Waals surface area contributed by atoms with Gasteiger partial charge in [0.2, 0.25) is 5.91 Å². The summed E-state index contributed by atoms with van der Waals surface area (Å²) >= 11 is 3.42. The number of hydrogen-bond acceptors (Lipinski definition) is 1. The highest BCUT2D eigenvalue weighted by atomic mass is 79.9. The lowest BCUT2D eigenvalue weighted by Gasteiger charge is -2.17. The summed E-state index contributed by atoms with van der Waals surface area (Å²) in [5.74, 6) is 0.244. The molecule has 16 heavy (non-hydrogen) atoms. The number of anilines is 1. The summed E-state index contributed by atoms with van der Waals surface area (Å²) in [6, 6.07) is 7.68. The highest BCUT2D eigenvalue weighted by Crippen LogP contribution is 2.24. The Morgan fingerprint density at radius 2 is 2.12 bits per heavy atom. The minimum atomic E-state index is 0.122. The van der Waals surface area contributed by atoms with E-state index >= 15 is 0 Å². The van der Waals surface area contributed by atoms with E-state index in [0.717, 1.165) is 29.4 Å². The summed E-state index contributed by atoms with van der Waals surface area (Å²) in [6.07, 6.45) is 7.05. The van der Waals surface area contributed by atoms with Crippen LogP contribution in [0.15, 0.2) is 40.9 Å². The normalized spacial score (nSPS) is 19.4. The lowest BCUT2D eigenvalue weighted by Crippen LogP contribution is -2.23. The second-order valence-corrected chi connectivity index (χ2v) is 4.80. The molecule has 0 heterocycles. The molecule has 84 valence electrons. The Kier molecular flexibility index (Phi) is 3.78. The van der Waals surface area contributed by atoms with Gasteiger partial charge in [-0.25, -0.2) is 0 Å². The van der Waals surface area contributed by atoms with Gasteiger partial charge in [-0.2, -0.15) is 0 Å². The van der Waals surface area contributed by atoms with Crippen molar-refractivity contribution >= 4 is 27.5 Å². The Bertz CT molecular complexity index is 414. The fourth-order valence-electron chi connectivity index (χ4n) is 1.83. The van der Waals surface area contributed by atoms with E-state index in [9.17, 15) is 4.79 Å². The number of carbonyl (C=O) groups excluding carboxylic acids is 1. The molecular formula is C13H14BrNO. The SMILES string of the molecule is O=C(Nc1ccccc1Br)[C@H]1CC=CCC1. The quantitative estimate of drug-likeness (QED) is 0.821. The minimum absolute atomic E-state index is 0.122. The molecule has 0 aliphatic heterocycles. The molecule has 0 saturated carbocycles. The van der Waals surface area contributed by atoms with Gasteiger partial charge in [0.15, 0.2) is 0 Å². The van der Waals surface area contributed by atoms with Gasteiger partial charge in [-0.15, -0.1) is 0 Å². The summed E-state index contributed by atoms with van der Waals surface area (Å²) in [5.41, 5.74) is 0.849. The van der Waals surface area contributed by atoms with Crippen LogP contribution < -0.4 is 5.32 Å². The van der Waals surface area contributed by atoms with Gasteiger partial charge in [-0.05, 0) is 47.3 Å². The number of halogens is 1. The van der Waals surface area contributed by atoms with E-state index in [2.05, 4.69) is 33.4 Å². The predicted octanol–water partition coefficient (Wildman–Crippen LogP) is 3.74. The zero-order chi connectivity index (χ0) is 11.4. The third-order valence-corrected chi connectivity index (χ3v) is 3.46. The van der Waals surface area contributed by atoms with Crippen molar-refractivity contribution in [1.29, 1.82) is 0 Å². The minimum Gasteiger partial charge on any atom is -0.325 e. The van der Waals surface area contributed by atoms with Crippen molar-refractivity contribution in [2.24, 2.45) is 5.92 Å². The van der Waals surface area contributed by atoms with E-state index < -0.39 is 0 Å². The third-order valence-electron chi connectivity index (χ3n) is 2.77. The Hall–Kier alpha value is -1.09. The summed E-state index contributed by atoms with van der Waals surface area (Å²) in [4.78, 5) is 12.0. The van der Waals surface area contributed by atoms with Crippen LogP contribution in [0, 0.1) is 5.92 Å². The number of rotatable bonds is 2. The Morgan fingerprint density at radius 3 is 2.81 bits per heavy atom. The van der Waals surface area contributed by atoms with Gasteiger partial charge in [0.1, 0.15) is 0 Å². The van der Waals surface area contributed by atoms with E-state index in [-0.39, 0.29) is 11.8 Å². The molecule has 2 nitrogen and oxygen atoms in total. The molecule has 1 aliphatic rings. The molecule has 1 atom stereocenters. The molecule has 0 radical (unpaired) electrons. The highest BCUT2D eigenvalue weighted by molar-refractivity contribution is 9.10. The molecule has 1 aliphatic carbocycles. The van der Waals surface area contributed by atoms with Crippen LogP contribution in [0.3, 0.4) is 0 Å². The average molecular weight is 280 g/mol. The van der Waals surface area contributed by atoms with Crippen LogP contribution in [-0.2, 0) is 4.79 Å². The maximum absolute atomic E-state index is 12.0. The Morgan fingerprint density at radius 1 is 1.31 bits per heavy atom. The van der Waals surface area contributed by atoms with Gasteiger partial charge in [0.05, 0.1) is 5.69 Å². The van der Waals surface area contributed by atoms with Crippen LogP contribution in [0.5, 0.6) is 0 Å². The van der Waals surface area contributed by atoms with Gasteiger partial charge in [-0.1, -0.05) is 24.3 Å². The molecule has 2 rings (SSSR count). The summed E-state index contributed by atoms with van der Waals surface area (Å²) in [5, 5.41) is 2.96. The number of hydrogen-bond donors (Lipinski definition) is 1. The summed E-state index contributed by atoms with van der Waals surface area (Å²) < 4.78 is 0.926. The fourth-order valence-corrected chi connectivity index (χ4v) is 2.21. The molecule has 1 N–H and O–H groups in total. The first-order valence-corrected chi connectivity index (χ1v) is 6.27. The van der Waals surface area contributed by atoms with Gasteiger partial charge in [-0.3, -0.25) is 4.79 Å². The molecule has 0 spiro atoms. The molecular weight excluding hydrogens is 266 g/mol. The summed E-state index contributed by atoms with van der Waals surface area (Å²) in [6.45, 7) is 0. The van der Waals surface area contributed by atoms with Crippen LogP contribution in [0.1, 0.15) is 19.3 Å². The first-order valence-electron chi connectivity index (χ1n) is 5.48. The van der Waals surface area contributed by atoms with Crippen molar-refractivity contribution in [3.63, 3.8) is 0 Å². The van der Waals surface area contributed by atoms with E-state index in [0.29, 0.717) is 0 Å². The van der Waals surface area contributed by atoms with E-state index in [1.165, 1.54) is 0 Å². The van der Waals surface area contributed by atoms with Gasteiger partial charge < -0.3 is 5.32 Å². The molecule has 1 aromatic rings. The number of allylic oxidation sites excluding steroid dienone is 2. The van der Waals surface area contributed by atoms with Gasteiger partial charge >= 0.3 is 0 Å². The van der Waals surface area contributed by atoms with E-state index in [1.807, 2.05) is 24.3 Å². The smallest absolute Gasteiger partial charge is 0.227 e. The topological polar surface area (TPSA) is 29.1 Å². The first-order chi connectivity index (χ1) is 7.77. The molecule has 3 heteroatoms. The largest absolute Gasteiger partial charge is 0.325 e. The zero-order valence-corrected chi connectivity index (χ0v) is 10.5. The molecule has 1 amide bonds. The van der Waals surface area contributed by atoms with Gasteiger partial charge in [0, 0.05) is 10.4 Å². The zero-order valence-electron chi connectivity index (χ0n) is 8.95. The molecule has 0 aromatic heterocycles. The molecule has 0 fully saturated rings. The number of carbonyl (C=O) groups is 1. The lowest BCUT2D eigenvalue weighted by atomic mass is 9.93. The number of amides is 1. The van der Waals surface area contributed by atoms with E-state index in [1.54, 1.807) is 0 Å². The first kappa shape index (κ1) is 11.4. The van der Waals surface area contributed by atoms with Crippen LogP contribution in [0.25, 0.3) is 0 Å². The van der Waals surface area contributed by atoms with Crippen molar-refractivity contribution in [2.45, 2.75) is 19.3 Å². The van der Waals surface area contributed by atoms with Crippen molar-refractivity contribution in [1.82, 2.24) is 0 Å². The van der Waals surface area contributed by atoms with Crippen molar-refractivity contribution in [3.8, 4) is 0 Å². The predicted molar refractivity (Wildman–Crippen MR) is 69.3 cm³/mol. The molecule has 1 aromatic carbocycles. The fraction of sp³-hybridized carbons (Fsp3) is 0.308. The van der Waals surface area contributed by atoms with Crippen LogP contribution in [-0.4, -0.2) is 5.91 Å². The molecule has 0 unspecified atom stereocenters. The molecule has 0 saturated heterocycles. The second-order valence-electron chi connectivity index (χ2n) is 3.95. The third kappa shape index (κ3) is 2.73. The van der Waals surface area contributed by atoms with Crippen molar-refractivity contribution < 1.29 is 4.79 Å². The number of para-hydroxylation sites is 1. The van der Waals surface area contributed by atoms with Crippen LogP contribution >= 0.6 is 15.9 Å². The van der Waals surface area contributed by atoms with Crippen LogP contribution in [0.2, 0.25) is 0 Å². The van der Waals surface area contributed by atoms with Gasteiger partial charge in [0.25, 0.3) is 0 Å². The molecule has 0 bridgehead atoms. The number of benzene rings is 1. The van der Waals surface area contributed by atoms with Crippen molar-refractivity contribution in [3.05, 3.63) is 40.9 Å². The maximum Gasteiger partial charge on any atom is 0.227 e. The monoisotopic (exact) mass is 279 g/mol.